The molecule has 0 fully saturated rings. The number of halogens is 1. The third kappa shape index (κ3) is 1.96. The fourth-order valence-electron chi connectivity index (χ4n) is 1.19. The van der Waals surface area contributed by atoms with Crippen LogP contribution >= 0.6 is 22.9 Å². The molecule has 0 aliphatic rings. The summed E-state index contributed by atoms with van der Waals surface area (Å²) < 4.78 is 6.48. The molecule has 84 valence electrons. The molecule has 0 spiro atoms. The van der Waals surface area contributed by atoms with Crippen molar-refractivity contribution in [1.29, 1.82) is 0 Å². The van der Waals surface area contributed by atoms with Crippen LogP contribution in [0.2, 0.25) is 5.15 Å². The van der Waals surface area contributed by atoms with Crippen molar-refractivity contribution < 1.29 is 4.74 Å². The highest BCUT2D eigenvalue weighted by Gasteiger charge is 2.13. The van der Waals surface area contributed by atoms with Gasteiger partial charge in [-0.15, -0.1) is 0 Å². The fraction of sp³-hybridized carbons (Fsp3) is 0.429. The second kappa shape index (κ2) is 4.67. The zero-order valence-electron chi connectivity index (χ0n) is 8.29. The van der Waals surface area contributed by atoms with E-state index in [0.29, 0.717) is 22.4 Å². The lowest BCUT2D eigenvalue weighted by Gasteiger charge is -1.91. The van der Waals surface area contributed by atoms with Crippen molar-refractivity contribution in [1.82, 2.24) is 14.6 Å². The number of hydrogen-bond donors (Lipinski definition) is 0. The third-order valence-corrected chi connectivity index (χ3v) is 3.07. The molecule has 2 rings (SSSR count). The van der Waals surface area contributed by atoms with Crippen molar-refractivity contribution >= 4 is 27.9 Å². The van der Waals surface area contributed by atoms with Crippen LogP contribution in [0.5, 0.6) is 0 Å². The van der Waals surface area contributed by atoms with Crippen molar-refractivity contribution in [3.05, 3.63) is 26.3 Å². The molecule has 2 aromatic rings. The maximum atomic E-state index is 8.21. The first-order chi connectivity index (χ1) is 7.76. The first kappa shape index (κ1) is 11.2. The number of methoxy groups -OCH3 is 1. The largest absolute Gasteiger partial charge is 0.377 e. The maximum Gasteiger partial charge on any atom is 0.213 e. The van der Waals surface area contributed by atoms with Crippen molar-refractivity contribution in [3.63, 3.8) is 0 Å². The first-order valence-electron chi connectivity index (χ1n) is 4.29. The van der Waals surface area contributed by atoms with Crippen LogP contribution in [0.25, 0.3) is 15.4 Å². The molecule has 0 bridgehead atoms. The van der Waals surface area contributed by atoms with Gasteiger partial charge in [0.2, 0.25) is 4.96 Å². The van der Waals surface area contributed by atoms with Gasteiger partial charge >= 0.3 is 0 Å². The monoisotopic (exact) mass is 258 g/mol. The van der Waals surface area contributed by atoms with E-state index in [1.807, 2.05) is 0 Å². The molecule has 0 N–H and O–H groups in total. The normalized spacial score (nSPS) is 10.6. The summed E-state index contributed by atoms with van der Waals surface area (Å²) in [4.78, 5) is 7.54. The second-order valence-corrected chi connectivity index (χ2v) is 4.26. The molecule has 0 aliphatic heterocycles. The molecule has 7 nitrogen and oxygen atoms in total. The van der Waals surface area contributed by atoms with Crippen LogP contribution in [-0.4, -0.2) is 21.7 Å². The lowest BCUT2D eigenvalue weighted by atomic mass is 10.5. The molecule has 0 amide bonds. The molecule has 0 aliphatic carbocycles. The predicted molar refractivity (Wildman–Crippen MR) is 59.4 cm³/mol. The average Bonchev–Trinajstić information content (AvgIpc) is 2.77. The smallest absolute Gasteiger partial charge is 0.213 e. The quantitative estimate of drug-likeness (QED) is 0.479. The highest BCUT2D eigenvalue weighted by molar-refractivity contribution is 7.16. The summed E-state index contributed by atoms with van der Waals surface area (Å²) in [6.07, 6.45) is 0. The van der Waals surface area contributed by atoms with Gasteiger partial charge in [0.25, 0.3) is 0 Å². The lowest BCUT2D eigenvalue weighted by Crippen LogP contribution is -1.90. The van der Waals surface area contributed by atoms with Gasteiger partial charge in [-0.2, -0.15) is 9.61 Å². The number of nitrogens with zero attached hydrogens (tertiary/aromatic N) is 6. The van der Waals surface area contributed by atoms with E-state index in [0.717, 1.165) is 5.01 Å². The molecule has 2 heterocycles. The number of ether oxygens (including phenoxy) is 1. The van der Waals surface area contributed by atoms with Crippen LogP contribution in [0.15, 0.2) is 5.11 Å². The zero-order valence-corrected chi connectivity index (χ0v) is 9.86. The van der Waals surface area contributed by atoms with Crippen molar-refractivity contribution in [2.45, 2.75) is 13.2 Å². The highest BCUT2D eigenvalue weighted by Crippen LogP contribution is 2.23. The molecule has 16 heavy (non-hydrogen) atoms. The van der Waals surface area contributed by atoms with Crippen molar-refractivity contribution in [2.75, 3.05) is 7.11 Å². The van der Waals surface area contributed by atoms with E-state index in [2.05, 4.69) is 20.1 Å². The SMILES string of the molecule is COCc1nn2c(Cl)c(CN=[N+]=[N-])nc2s1. The third-order valence-electron chi connectivity index (χ3n) is 1.81. The lowest BCUT2D eigenvalue weighted by molar-refractivity contribution is 0.183. The Morgan fingerprint density at radius 3 is 3.12 bits per heavy atom. The van der Waals surface area contributed by atoms with Gasteiger partial charge in [0, 0.05) is 12.0 Å². The van der Waals surface area contributed by atoms with Crippen LogP contribution in [0.4, 0.5) is 0 Å². The van der Waals surface area contributed by atoms with Gasteiger partial charge in [-0.25, -0.2) is 4.98 Å². The molecule has 0 radical (unpaired) electrons. The van der Waals surface area contributed by atoms with Crippen LogP contribution in [0.3, 0.4) is 0 Å². The number of azide groups is 1. The minimum atomic E-state index is 0.130. The van der Waals surface area contributed by atoms with Gasteiger partial charge in [-0.3, -0.25) is 0 Å². The zero-order chi connectivity index (χ0) is 11.5. The molecule has 0 atom stereocenters. The molecule has 0 saturated carbocycles. The van der Waals surface area contributed by atoms with E-state index in [4.69, 9.17) is 21.9 Å². The molecule has 0 saturated heterocycles. The van der Waals surface area contributed by atoms with E-state index >= 15 is 0 Å². The minimum Gasteiger partial charge on any atom is -0.377 e. The molecule has 9 heteroatoms. The predicted octanol–water partition coefficient (Wildman–Crippen LogP) is 2.40. The Morgan fingerprint density at radius 2 is 2.50 bits per heavy atom. The van der Waals surface area contributed by atoms with Crippen LogP contribution in [-0.2, 0) is 17.9 Å². The number of aromatic nitrogens is 3. The van der Waals surface area contributed by atoms with Crippen molar-refractivity contribution in [2.24, 2.45) is 5.11 Å². The number of imidazole rings is 1. The topological polar surface area (TPSA) is 88.2 Å². The Kier molecular flexibility index (Phi) is 3.25. The summed E-state index contributed by atoms with van der Waals surface area (Å²) in [5.74, 6) is 0. The molecular weight excluding hydrogens is 252 g/mol. The summed E-state index contributed by atoms with van der Waals surface area (Å²) >= 11 is 7.41. The summed E-state index contributed by atoms with van der Waals surface area (Å²) in [6.45, 7) is 0.557. The van der Waals surface area contributed by atoms with Gasteiger partial charge in [-0.1, -0.05) is 28.1 Å². The average molecular weight is 259 g/mol. The van der Waals surface area contributed by atoms with Crippen molar-refractivity contribution in [3.8, 4) is 0 Å². The Bertz CT molecular complexity index is 556. The van der Waals surface area contributed by atoms with Crippen LogP contribution in [0, 0.1) is 0 Å². The first-order valence-corrected chi connectivity index (χ1v) is 5.48. The summed E-state index contributed by atoms with van der Waals surface area (Å²) in [5, 5.41) is 8.79. The molecular formula is C7H7ClN6OS. The summed E-state index contributed by atoms with van der Waals surface area (Å²) in [5.41, 5.74) is 8.74. The van der Waals surface area contributed by atoms with Gasteiger partial charge in [0.05, 0.1) is 18.8 Å². The fourth-order valence-corrected chi connectivity index (χ4v) is 2.34. The highest BCUT2D eigenvalue weighted by atomic mass is 35.5. The van der Waals surface area contributed by atoms with Gasteiger partial charge in [-0.05, 0) is 5.53 Å². The van der Waals surface area contributed by atoms with E-state index in [-0.39, 0.29) is 6.54 Å². The standard InChI is InChI=1S/C7H7ClN6OS/c1-15-3-5-12-14-6(8)4(2-10-13-9)11-7(14)16-5/h2-3H2,1H3. The molecule has 2 aromatic heterocycles. The summed E-state index contributed by atoms with van der Waals surface area (Å²) in [6, 6.07) is 0. The van der Waals surface area contributed by atoms with E-state index in [1.165, 1.54) is 15.9 Å². The second-order valence-electron chi connectivity index (χ2n) is 2.86. The number of rotatable bonds is 4. The van der Waals surface area contributed by atoms with Crippen LogP contribution < -0.4 is 0 Å². The van der Waals surface area contributed by atoms with Gasteiger partial charge in [0.15, 0.2) is 5.15 Å². The maximum absolute atomic E-state index is 8.21. The Balaban J connectivity index is 2.38. The van der Waals surface area contributed by atoms with Crippen LogP contribution in [0.1, 0.15) is 10.7 Å². The Labute approximate surface area is 99.2 Å². The van der Waals surface area contributed by atoms with Gasteiger partial charge in [0.1, 0.15) is 5.01 Å². The molecule has 0 unspecified atom stereocenters. The summed E-state index contributed by atoms with van der Waals surface area (Å²) in [7, 11) is 1.60. The molecule has 0 aromatic carbocycles. The Morgan fingerprint density at radius 1 is 1.69 bits per heavy atom. The number of hydrogen-bond acceptors (Lipinski definition) is 5. The Hall–Kier alpha value is -1.34. The number of fused-ring (bicyclic) bond motifs is 1. The van der Waals surface area contributed by atoms with E-state index in [1.54, 1.807) is 7.11 Å². The van der Waals surface area contributed by atoms with E-state index in [9.17, 15) is 0 Å². The minimum absolute atomic E-state index is 0.130. The van der Waals surface area contributed by atoms with E-state index < -0.39 is 0 Å². The van der Waals surface area contributed by atoms with Gasteiger partial charge < -0.3 is 4.74 Å².